The molecule has 2 aromatic rings. The highest BCUT2D eigenvalue weighted by Gasteiger charge is 2.21. The van der Waals surface area contributed by atoms with Gasteiger partial charge >= 0.3 is 0 Å². The smallest absolute Gasteiger partial charge is 0.262 e. The monoisotopic (exact) mass is 335 g/mol. The third kappa shape index (κ3) is 2.76. The van der Waals surface area contributed by atoms with Crippen LogP contribution in [0.4, 0.5) is 0 Å². The molecule has 0 saturated heterocycles. The van der Waals surface area contributed by atoms with E-state index in [-0.39, 0.29) is 17.0 Å². The minimum absolute atomic E-state index is 0.188. The third-order valence-electron chi connectivity index (χ3n) is 3.23. The van der Waals surface area contributed by atoms with E-state index in [1.165, 1.54) is 0 Å². The minimum atomic E-state index is -0.336. The number of rotatable bonds is 4. The Balaban J connectivity index is 1.96. The van der Waals surface area contributed by atoms with Crippen LogP contribution in [0.2, 0.25) is 0 Å². The van der Waals surface area contributed by atoms with Gasteiger partial charge in [0.1, 0.15) is 11.4 Å². The van der Waals surface area contributed by atoms with Crippen LogP contribution < -0.4 is 10.9 Å². The van der Waals surface area contributed by atoms with Crippen LogP contribution in [0.25, 0.3) is 11.1 Å². The molecule has 3 rings (SSSR count). The van der Waals surface area contributed by atoms with Crippen LogP contribution in [-0.2, 0) is 6.54 Å². The molecule has 5 nitrogen and oxygen atoms in total. The van der Waals surface area contributed by atoms with Gasteiger partial charge in [0.25, 0.3) is 5.56 Å². The van der Waals surface area contributed by atoms with Gasteiger partial charge < -0.3 is 15.4 Å². The summed E-state index contributed by atoms with van der Waals surface area (Å²) in [6, 6.07) is 7.75. The Labute approximate surface area is 124 Å². The second-order valence-corrected chi connectivity index (χ2v) is 5.70. The summed E-state index contributed by atoms with van der Waals surface area (Å²) in [6.45, 7) is 0.462. The van der Waals surface area contributed by atoms with Crippen LogP contribution >= 0.6 is 15.9 Å². The molecule has 1 aliphatic rings. The molecule has 1 fully saturated rings. The van der Waals surface area contributed by atoms with E-state index in [0.717, 1.165) is 17.3 Å². The molecule has 0 bridgehead atoms. The van der Waals surface area contributed by atoms with Crippen molar-refractivity contribution < 1.29 is 5.11 Å². The Bertz CT molecular complexity index is 695. The molecule has 0 radical (unpaired) electrons. The van der Waals surface area contributed by atoms with Crippen molar-refractivity contribution in [2.45, 2.75) is 25.4 Å². The van der Waals surface area contributed by atoms with Gasteiger partial charge in [-0.05, 0) is 18.9 Å². The maximum atomic E-state index is 12.2. The van der Waals surface area contributed by atoms with Gasteiger partial charge in [-0.1, -0.05) is 34.1 Å². The molecule has 3 N–H and O–H groups in total. The van der Waals surface area contributed by atoms with Crippen molar-refractivity contribution in [1.29, 1.82) is 0 Å². The molecule has 104 valence electrons. The Morgan fingerprint density at radius 2 is 2.15 bits per heavy atom. The fourth-order valence-corrected chi connectivity index (χ4v) is 2.51. The average Bonchev–Trinajstić information content (AvgIpc) is 3.22. The Hall–Kier alpha value is -1.66. The first-order valence-corrected chi connectivity index (χ1v) is 7.25. The molecule has 0 unspecified atom stereocenters. The maximum Gasteiger partial charge on any atom is 0.262 e. The molecule has 0 amide bonds. The summed E-state index contributed by atoms with van der Waals surface area (Å²) in [6.07, 6.45) is 2.32. The average molecular weight is 336 g/mol. The van der Waals surface area contributed by atoms with Gasteiger partial charge in [0.05, 0.1) is 6.54 Å². The summed E-state index contributed by atoms with van der Waals surface area (Å²) in [5.74, 6) is 0.212. The standard InChI is InChI=1S/C14H14BrN3O2/c15-10-4-2-1-3-9(10)12-13(19)17-11(18-14(12)20)7-16-8-5-6-8/h1-4,8,16H,5-7H2,(H2,17,18,19,20). The molecule has 1 aromatic carbocycles. The fraction of sp³-hybridized carbons (Fsp3) is 0.286. The van der Waals surface area contributed by atoms with Gasteiger partial charge in [-0.15, -0.1) is 0 Å². The fourth-order valence-electron chi connectivity index (χ4n) is 2.03. The molecular weight excluding hydrogens is 322 g/mol. The number of aromatic nitrogens is 2. The maximum absolute atomic E-state index is 12.2. The first kappa shape index (κ1) is 13.3. The lowest BCUT2D eigenvalue weighted by Gasteiger charge is -2.08. The Morgan fingerprint density at radius 1 is 1.40 bits per heavy atom. The molecule has 0 aliphatic heterocycles. The summed E-state index contributed by atoms with van der Waals surface area (Å²) in [4.78, 5) is 19.0. The number of H-pyrrole nitrogens is 1. The van der Waals surface area contributed by atoms with Crippen LogP contribution in [0.3, 0.4) is 0 Å². The van der Waals surface area contributed by atoms with Crippen molar-refractivity contribution in [3.63, 3.8) is 0 Å². The predicted molar refractivity (Wildman–Crippen MR) is 79.5 cm³/mol. The van der Waals surface area contributed by atoms with Crippen molar-refractivity contribution in [2.75, 3.05) is 0 Å². The topological polar surface area (TPSA) is 78.0 Å². The number of hydrogen-bond acceptors (Lipinski definition) is 4. The number of halogens is 1. The quantitative estimate of drug-likeness (QED) is 0.800. The van der Waals surface area contributed by atoms with Crippen molar-refractivity contribution in [2.24, 2.45) is 0 Å². The van der Waals surface area contributed by atoms with Crippen molar-refractivity contribution in [3.8, 4) is 17.0 Å². The molecule has 1 aliphatic carbocycles. The van der Waals surface area contributed by atoms with Gasteiger partial charge in [0, 0.05) is 16.1 Å². The molecule has 1 aromatic heterocycles. The van der Waals surface area contributed by atoms with E-state index in [1.54, 1.807) is 6.07 Å². The number of benzene rings is 1. The number of nitrogens with one attached hydrogen (secondary N) is 2. The zero-order valence-electron chi connectivity index (χ0n) is 10.7. The lowest BCUT2D eigenvalue weighted by atomic mass is 10.1. The van der Waals surface area contributed by atoms with E-state index in [1.807, 2.05) is 18.2 Å². The van der Waals surface area contributed by atoms with Crippen LogP contribution in [-0.4, -0.2) is 21.1 Å². The molecular formula is C14H14BrN3O2. The summed E-state index contributed by atoms with van der Waals surface area (Å²) in [7, 11) is 0. The lowest BCUT2D eigenvalue weighted by molar-refractivity contribution is 0.448. The largest absolute Gasteiger partial charge is 0.493 e. The molecule has 6 heteroatoms. The first-order chi connectivity index (χ1) is 9.65. The minimum Gasteiger partial charge on any atom is -0.493 e. The number of aromatic hydroxyl groups is 1. The molecule has 0 atom stereocenters. The normalized spacial score (nSPS) is 14.4. The van der Waals surface area contributed by atoms with Gasteiger partial charge in [-0.25, -0.2) is 0 Å². The van der Waals surface area contributed by atoms with Gasteiger partial charge in [0.15, 0.2) is 0 Å². The summed E-state index contributed by atoms with van der Waals surface area (Å²) >= 11 is 3.37. The van der Waals surface area contributed by atoms with Gasteiger partial charge in [-0.2, -0.15) is 4.98 Å². The zero-order chi connectivity index (χ0) is 14.1. The molecule has 0 spiro atoms. The van der Waals surface area contributed by atoms with Crippen molar-refractivity contribution in [3.05, 3.63) is 44.9 Å². The molecule has 20 heavy (non-hydrogen) atoms. The second-order valence-electron chi connectivity index (χ2n) is 4.85. The van der Waals surface area contributed by atoms with Gasteiger partial charge in [0.2, 0.25) is 5.88 Å². The second kappa shape index (κ2) is 5.38. The van der Waals surface area contributed by atoms with E-state index in [4.69, 9.17) is 0 Å². The predicted octanol–water partition coefficient (Wildman–Crippen LogP) is 2.16. The Morgan fingerprint density at radius 3 is 2.80 bits per heavy atom. The first-order valence-electron chi connectivity index (χ1n) is 6.45. The SMILES string of the molecule is O=c1[nH]c(CNC2CC2)nc(O)c1-c1ccccc1Br. The number of hydrogen-bond donors (Lipinski definition) is 3. The van der Waals surface area contributed by atoms with E-state index >= 15 is 0 Å². The lowest BCUT2D eigenvalue weighted by Crippen LogP contribution is -2.21. The molecule has 1 heterocycles. The third-order valence-corrected chi connectivity index (χ3v) is 3.92. The number of nitrogens with zero attached hydrogens (tertiary/aromatic N) is 1. The van der Waals surface area contributed by atoms with Crippen molar-refractivity contribution >= 4 is 15.9 Å². The zero-order valence-corrected chi connectivity index (χ0v) is 12.3. The molecule has 1 saturated carbocycles. The van der Waals surface area contributed by atoms with E-state index < -0.39 is 0 Å². The van der Waals surface area contributed by atoms with E-state index in [9.17, 15) is 9.90 Å². The summed E-state index contributed by atoms with van der Waals surface area (Å²) in [5, 5.41) is 13.3. The van der Waals surface area contributed by atoms with Gasteiger partial charge in [-0.3, -0.25) is 4.79 Å². The highest BCUT2D eigenvalue weighted by molar-refractivity contribution is 9.10. The summed E-state index contributed by atoms with van der Waals surface area (Å²) < 4.78 is 0.742. The van der Waals surface area contributed by atoms with Crippen LogP contribution in [0.5, 0.6) is 5.88 Å². The highest BCUT2D eigenvalue weighted by Crippen LogP contribution is 2.30. The van der Waals surface area contributed by atoms with Crippen LogP contribution in [0.1, 0.15) is 18.7 Å². The van der Waals surface area contributed by atoms with Crippen LogP contribution in [0, 0.1) is 0 Å². The van der Waals surface area contributed by atoms with Crippen LogP contribution in [0.15, 0.2) is 33.5 Å². The Kier molecular flexibility index (Phi) is 3.58. The summed E-state index contributed by atoms with van der Waals surface area (Å²) in [5.41, 5.74) is 0.477. The van der Waals surface area contributed by atoms with E-state index in [2.05, 4.69) is 31.2 Å². The van der Waals surface area contributed by atoms with Crippen molar-refractivity contribution in [1.82, 2.24) is 15.3 Å². The van der Waals surface area contributed by atoms with E-state index in [0.29, 0.717) is 24.0 Å². The number of aromatic amines is 1. The highest BCUT2D eigenvalue weighted by atomic mass is 79.9.